The third-order valence-electron chi connectivity index (χ3n) is 3.57. The standard InChI is InChI=1S/C14H29N2O5PS.2C2H6/c1-11(14(2,3)10-21-22(5,19)20-4)13(18)16-7-6-12(17)15-8-9-23;2*1-2/h11,19,23H,5-10H2,1-4H3,(H,15,17)(H,16,18);2*1-2H3. The average Bonchev–Trinajstić information content (AvgIpc) is 2.67. The van der Waals surface area contributed by atoms with Crippen LogP contribution in [0.5, 0.6) is 0 Å². The van der Waals surface area contributed by atoms with E-state index >= 15 is 0 Å². The fraction of sp³-hybridized carbons (Fsp3) is 0.833. The first-order valence-electron chi connectivity index (χ1n) is 9.37. The molecule has 3 N–H and O–H groups in total. The van der Waals surface area contributed by atoms with Crippen molar-refractivity contribution in [1.29, 1.82) is 0 Å². The molecule has 0 aliphatic rings. The number of carbonyl (C=O) groups excluding carboxylic acids is 2. The zero-order chi connectivity index (χ0) is 22.1. The zero-order valence-electron chi connectivity index (χ0n) is 18.3. The third kappa shape index (κ3) is 16.2. The van der Waals surface area contributed by atoms with Crippen LogP contribution >= 0.6 is 20.2 Å². The van der Waals surface area contributed by atoms with E-state index in [1.165, 1.54) is 7.11 Å². The van der Waals surface area contributed by atoms with Crippen molar-refractivity contribution in [2.45, 2.75) is 54.9 Å². The predicted molar refractivity (Wildman–Crippen MR) is 119 cm³/mol. The van der Waals surface area contributed by atoms with Gasteiger partial charge < -0.3 is 24.6 Å². The largest absolute Gasteiger partial charge is 0.355 e. The molecule has 164 valence electrons. The van der Waals surface area contributed by atoms with E-state index in [1.54, 1.807) is 6.92 Å². The Labute approximate surface area is 171 Å². The maximum absolute atomic E-state index is 12.2. The van der Waals surface area contributed by atoms with E-state index in [-0.39, 0.29) is 37.3 Å². The van der Waals surface area contributed by atoms with Gasteiger partial charge in [0, 0.05) is 38.3 Å². The Morgan fingerprint density at radius 3 is 2.15 bits per heavy atom. The van der Waals surface area contributed by atoms with Crippen molar-refractivity contribution in [2.24, 2.45) is 11.3 Å². The van der Waals surface area contributed by atoms with Crippen LogP contribution in [0.3, 0.4) is 0 Å². The van der Waals surface area contributed by atoms with Gasteiger partial charge in [-0.3, -0.25) is 9.59 Å². The lowest BCUT2D eigenvalue weighted by Gasteiger charge is -2.32. The van der Waals surface area contributed by atoms with Crippen molar-refractivity contribution in [2.75, 3.05) is 32.6 Å². The lowest BCUT2D eigenvalue weighted by Crippen LogP contribution is -2.41. The van der Waals surface area contributed by atoms with E-state index in [4.69, 9.17) is 9.05 Å². The summed E-state index contributed by atoms with van der Waals surface area (Å²) in [7, 11) is -1.75. The highest BCUT2D eigenvalue weighted by atomic mass is 32.1. The van der Waals surface area contributed by atoms with Gasteiger partial charge in [0.1, 0.15) is 0 Å². The molecule has 7 nitrogen and oxygen atoms in total. The highest BCUT2D eigenvalue weighted by molar-refractivity contribution is 7.80. The number of nitrogens with one attached hydrogen (secondary N) is 2. The fourth-order valence-corrected chi connectivity index (χ4v) is 2.29. The molecule has 0 saturated carbocycles. The molecular formula is C18H41N2O5PS. The van der Waals surface area contributed by atoms with Gasteiger partial charge in [-0.2, -0.15) is 12.6 Å². The molecule has 0 aromatic carbocycles. The zero-order valence-corrected chi connectivity index (χ0v) is 20.1. The summed E-state index contributed by atoms with van der Waals surface area (Å²) in [6.45, 7) is 14.4. The molecule has 0 spiro atoms. The second-order valence-corrected chi connectivity index (χ2v) is 8.26. The quantitative estimate of drug-likeness (QED) is 0.300. The summed E-state index contributed by atoms with van der Waals surface area (Å²) in [6, 6.07) is 0. The third-order valence-corrected chi connectivity index (χ3v) is 4.90. The smallest absolute Gasteiger partial charge is 0.247 e. The Kier molecular flexibility index (Phi) is 20.3. The summed E-state index contributed by atoms with van der Waals surface area (Å²) in [5, 5.41) is 5.41. The second-order valence-electron chi connectivity index (χ2n) is 5.92. The van der Waals surface area contributed by atoms with Gasteiger partial charge in [-0.05, 0) is 11.7 Å². The van der Waals surface area contributed by atoms with Crippen LogP contribution in [0.4, 0.5) is 0 Å². The minimum absolute atomic E-state index is 0.124. The molecule has 9 heteroatoms. The van der Waals surface area contributed by atoms with Gasteiger partial charge in [0.15, 0.2) is 0 Å². The molecule has 27 heavy (non-hydrogen) atoms. The topological polar surface area (TPSA) is 96.9 Å². The van der Waals surface area contributed by atoms with Gasteiger partial charge >= 0.3 is 0 Å². The average molecular weight is 429 g/mol. The molecule has 0 saturated heterocycles. The van der Waals surface area contributed by atoms with Crippen LogP contribution in [0.1, 0.15) is 54.9 Å². The molecule has 0 fully saturated rings. The van der Waals surface area contributed by atoms with Crippen LogP contribution in [0.25, 0.3) is 0 Å². The van der Waals surface area contributed by atoms with Crippen molar-refractivity contribution in [3.63, 3.8) is 0 Å². The number of thiol groups is 1. The molecule has 0 bridgehead atoms. The maximum Gasteiger partial charge on any atom is 0.247 e. The van der Waals surface area contributed by atoms with E-state index in [2.05, 4.69) is 29.6 Å². The van der Waals surface area contributed by atoms with E-state index in [9.17, 15) is 14.5 Å². The van der Waals surface area contributed by atoms with Crippen molar-refractivity contribution in [3.8, 4) is 0 Å². The van der Waals surface area contributed by atoms with Gasteiger partial charge in [0.05, 0.1) is 6.61 Å². The Hall–Kier alpha value is -0.530. The van der Waals surface area contributed by atoms with Crippen LogP contribution in [-0.2, 0) is 18.6 Å². The summed E-state index contributed by atoms with van der Waals surface area (Å²) < 4.78 is 10.1. The Morgan fingerprint density at radius 1 is 1.19 bits per heavy atom. The summed E-state index contributed by atoms with van der Waals surface area (Å²) in [5.41, 5.74) is -0.525. The minimum Gasteiger partial charge on any atom is -0.355 e. The van der Waals surface area contributed by atoms with Crippen LogP contribution in [0, 0.1) is 11.3 Å². The summed E-state index contributed by atoms with van der Waals surface area (Å²) >= 11 is 4.00. The first-order chi connectivity index (χ1) is 12.6. The van der Waals surface area contributed by atoms with E-state index in [0.29, 0.717) is 12.3 Å². The van der Waals surface area contributed by atoms with Crippen molar-refractivity contribution in [1.82, 2.24) is 10.6 Å². The first kappa shape index (κ1) is 31.2. The van der Waals surface area contributed by atoms with Crippen LogP contribution in [0.2, 0.25) is 0 Å². The molecule has 0 aromatic rings. The van der Waals surface area contributed by atoms with Gasteiger partial charge in [-0.15, -0.1) is 0 Å². The lowest BCUT2D eigenvalue weighted by molar-refractivity contribution is -0.128. The Balaban J connectivity index is -0.00000134. The van der Waals surface area contributed by atoms with E-state index < -0.39 is 13.0 Å². The molecule has 0 radical (unpaired) electrons. The lowest BCUT2D eigenvalue weighted by atomic mass is 9.80. The van der Waals surface area contributed by atoms with E-state index in [0.717, 1.165) is 0 Å². The summed E-state index contributed by atoms with van der Waals surface area (Å²) in [6.07, 6.45) is 3.68. The molecule has 0 heterocycles. The number of amides is 2. The van der Waals surface area contributed by atoms with Gasteiger partial charge in [0.2, 0.25) is 19.4 Å². The molecule has 0 aliphatic heterocycles. The molecular weight excluding hydrogens is 387 g/mol. The maximum atomic E-state index is 12.2. The van der Waals surface area contributed by atoms with Crippen LogP contribution in [-0.4, -0.2) is 55.6 Å². The predicted octanol–water partition coefficient (Wildman–Crippen LogP) is 3.10. The molecule has 0 aromatic heterocycles. The molecule has 2 amide bonds. The Morgan fingerprint density at radius 2 is 1.70 bits per heavy atom. The molecule has 0 rings (SSSR count). The van der Waals surface area contributed by atoms with Gasteiger partial charge in [0.25, 0.3) is 0 Å². The van der Waals surface area contributed by atoms with Crippen LogP contribution in [0.15, 0.2) is 0 Å². The van der Waals surface area contributed by atoms with Crippen molar-refractivity contribution >= 4 is 38.3 Å². The number of hydrogen-bond donors (Lipinski definition) is 4. The number of hydrogen-bond acceptors (Lipinski definition) is 6. The SMILES string of the molecule is C=P(O)(OC)OCC(C)(C)C(C)C(=O)NCCC(=O)NCCS.CC.CC. The van der Waals surface area contributed by atoms with Crippen molar-refractivity contribution < 1.29 is 23.5 Å². The highest BCUT2D eigenvalue weighted by Crippen LogP contribution is 2.44. The molecule has 0 aliphatic carbocycles. The van der Waals surface area contributed by atoms with E-state index in [1.807, 2.05) is 41.5 Å². The fourth-order valence-electron chi connectivity index (χ4n) is 1.54. The number of rotatable bonds is 11. The van der Waals surface area contributed by atoms with Gasteiger partial charge in [-0.1, -0.05) is 48.5 Å². The second kappa shape index (κ2) is 17.6. The Bertz CT molecular complexity index is 447. The summed E-state index contributed by atoms with van der Waals surface area (Å²) in [5.74, 6) is -0.100. The van der Waals surface area contributed by atoms with Gasteiger partial charge in [-0.25, -0.2) is 0 Å². The molecule has 2 atom stereocenters. The normalized spacial score (nSPS) is 13.7. The van der Waals surface area contributed by atoms with Crippen LogP contribution < -0.4 is 10.6 Å². The highest BCUT2D eigenvalue weighted by Gasteiger charge is 2.33. The van der Waals surface area contributed by atoms with Crippen molar-refractivity contribution in [3.05, 3.63) is 0 Å². The monoisotopic (exact) mass is 428 g/mol. The first-order valence-corrected chi connectivity index (χ1v) is 11.8. The number of carbonyl (C=O) groups is 2. The molecule has 2 unspecified atom stereocenters. The minimum atomic E-state index is -3.08. The summed E-state index contributed by atoms with van der Waals surface area (Å²) in [4.78, 5) is 33.3.